The van der Waals surface area contributed by atoms with Crippen LogP contribution in [0.25, 0.3) is 0 Å². The van der Waals surface area contributed by atoms with Crippen LogP contribution in [0.2, 0.25) is 0 Å². The Bertz CT molecular complexity index is 698. The molecule has 0 aliphatic carbocycles. The first-order valence-corrected chi connectivity index (χ1v) is 8.43. The van der Waals surface area contributed by atoms with Crippen molar-refractivity contribution >= 4 is 12.0 Å². The van der Waals surface area contributed by atoms with Crippen molar-refractivity contribution < 1.29 is 24.2 Å². The highest BCUT2D eigenvalue weighted by atomic mass is 16.4. The molecule has 0 bridgehead atoms. The largest absolute Gasteiger partial charge is 0.481 e. The topological polar surface area (TPSA) is 112 Å². The zero-order valence-electron chi connectivity index (χ0n) is 14.6. The number of urea groups is 1. The predicted octanol–water partition coefficient (Wildman–Crippen LogP) is 2.26. The fourth-order valence-electron chi connectivity index (χ4n) is 2.58. The molecule has 1 aromatic carbocycles. The van der Waals surface area contributed by atoms with Crippen LogP contribution in [0.1, 0.15) is 31.1 Å². The van der Waals surface area contributed by atoms with Crippen molar-refractivity contribution in [1.82, 2.24) is 10.6 Å². The van der Waals surface area contributed by atoms with E-state index in [0.717, 1.165) is 5.56 Å². The summed E-state index contributed by atoms with van der Waals surface area (Å²) < 4.78 is 5.17. The van der Waals surface area contributed by atoms with Crippen molar-refractivity contribution in [3.05, 3.63) is 60.1 Å². The number of carboxylic acids is 1. The van der Waals surface area contributed by atoms with Gasteiger partial charge < -0.3 is 25.3 Å². The van der Waals surface area contributed by atoms with E-state index >= 15 is 0 Å². The third-order valence-corrected chi connectivity index (χ3v) is 4.01. The van der Waals surface area contributed by atoms with E-state index in [4.69, 9.17) is 9.52 Å². The highest BCUT2D eigenvalue weighted by molar-refractivity contribution is 5.74. The Morgan fingerprint density at radius 2 is 1.92 bits per heavy atom. The van der Waals surface area contributed by atoms with Crippen LogP contribution < -0.4 is 10.6 Å². The first-order valence-electron chi connectivity index (χ1n) is 8.43. The lowest BCUT2D eigenvalue weighted by Crippen LogP contribution is -2.47. The minimum Gasteiger partial charge on any atom is -0.481 e. The molecule has 140 valence electrons. The van der Waals surface area contributed by atoms with E-state index in [1.807, 2.05) is 30.3 Å². The number of furan rings is 1. The zero-order chi connectivity index (χ0) is 19.0. The Balaban J connectivity index is 1.91. The Morgan fingerprint density at radius 1 is 1.19 bits per heavy atom. The number of nitrogens with one attached hydrogen (secondary N) is 2. The second kappa shape index (κ2) is 9.05. The van der Waals surface area contributed by atoms with Gasteiger partial charge in [-0.15, -0.1) is 0 Å². The Labute approximate surface area is 152 Å². The average molecular weight is 360 g/mol. The third-order valence-electron chi connectivity index (χ3n) is 4.01. The summed E-state index contributed by atoms with van der Waals surface area (Å²) in [7, 11) is 0. The molecule has 7 heteroatoms. The molecular weight excluding hydrogens is 336 g/mol. The molecule has 0 spiro atoms. The van der Waals surface area contributed by atoms with Crippen LogP contribution in [-0.4, -0.2) is 34.8 Å². The van der Waals surface area contributed by atoms with E-state index in [2.05, 4.69) is 10.6 Å². The fourth-order valence-corrected chi connectivity index (χ4v) is 2.58. The van der Waals surface area contributed by atoms with Crippen molar-refractivity contribution in [2.45, 2.75) is 37.8 Å². The van der Waals surface area contributed by atoms with Crippen molar-refractivity contribution in [3.63, 3.8) is 0 Å². The molecule has 0 aliphatic heterocycles. The molecule has 0 saturated carbocycles. The third kappa shape index (κ3) is 6.25. The molecule has 0 fully saturated rings. The van der Waals surface area contributed by atoms with Crippen LogP contribution >= 0.6 is 0 Å². The summed E-state index contributed by atoms with van der Waals surface area (Å²) in [5.41, 5.74) is -0.331. The van der Waals surface area contributed by atoms with Crippen molar-refractivity contribution in [2.24, 2.45) is 0 Å². The molecule has 2 amide bonds. The van der Waals surface area contributed by atoms with Crippen LogP contribution in [0.5, 0.6) is 0 Å². The summed E-state index contributed by atoms with van der Waals surface area (Å²) >= 11 is 0. The lowest BCUT2D eigenvalue weighted by atomic mass is 10.0. The quantitative estimate of drug-likeness (QED) is 0.548. The van der Waals surface area contributed by atoms with Gasteiger partial charge in [0.1, 0.15) is 11.4 Å². The van der Waals surface area contributed by atoms with E-state index < -0.39 is 17.6 Å². The molecular formula is C19H24N2O5. The summed E-state index contributed by atoms with van der Waals surface area (Å²) in [6, 6.07) is 12.0. The van der Waals surface area contributed by atoms with Gasteiger partial charge in [0, 0.05) is 12.5 Å². The van der Waals surface area contributed by atoms with Gasteiger partial charge >= 0.3 is 12.0 Å². The number of aliphatic hydroxyl groups is 1. The van der Waals surface area contributed by atoms with Gasteiger partial charge in [-0.25, -0.2) is 4.79 Å². The molecule has 0 radical (unpaired) electrons. The molecule has 2 rings (SSSR count). The van der Waals surface area contributed by atoms with Crippen molar-refractivity contribution in [2.75, 3.05) is 6.54 Å². The Morgan fingerprint density at radius 3 is 2.54 bits per heavy atom. The minimum absolute atomic E-state index is 0.0384. The molecule has 7 nitrogen and oxygen atoms in total. The SMILES string of the molecule is CC(O)(CNC(=O)NC(CCC(=O)O)Cc1ccccc1)c1ccco1. The first kappa shape index (κ1) is 19.5. The smallest absolute Gasteiger partial charge is 0.315 e. The lowest BCUT2D eigenvalue weighted by molar-refractivity contribution is -0.137. The molecule has 1 heterocycles. The van der Waals surface area contributed by atoms with E-state index in [0.29, 0.717) is 18.6 Å². The highest BCUT2D eigenvalue weighted by Gasteiger charge is 2.27. The average Bonchev–Trinajstić information content (AvgIpc) is 3.14. The van der Waals surface area contributed by atoms with Crippen LogP contribution in [0, 0.1) is 0 Å². The van der Waals surface area contributed by atoms with Crippen LogP contribution in [-0.2, 0) is 16.8 Å². The van der Waals surface area contributed by atoms with Gasteiger partial charge in [-0.2, -0.15) is 0 Å². The number of hydrogen-bond donors (Lipinski definition) is 4. The van der Waals surface area contributed by atoms with E-state index in [1.165, 1.54) is 13.2 Å². The highest BCUT2D eigenvalue weighted by Crippen LogP contribution is 2.19. The van der Waals surface area contributed by atoms with Gasteiger partial charge in [0.2, 0.25) is 0 Å². The normalized spacial score (nSPS) is 14.2. The number of amides is 2. The minimum atomic E-state index is -1.34. The fraction of sp³-hybridized carbons (Fsp3) is 0.368. The van der Waals surface area contributed by atoms with E-state index in [9.17, 15) is 14.7 Å². The van der Waals surface area contributed by atoms with Crippen LogP contribution in [0.15, 0.2) is 53.1 Å². The van der Waals surface area contributed by atoms with Gasteiger partial charge in [-0.1, -0.05) is 30.3 Å². The monoisotopic (exact) mass is 360 g/mol. The van der Waals surface area contributed by atoms with Gasteiger partial charge in [0.25, 0.3) is 0 Å². The number of aliphatic carboxylic acids is 1. The first-order chi connectivity index (χ1) is 12.4. The summed E-state index contributed by atoms with van der Waals surface area (Å²) in [5.74, 6) is -0.560. The number of rotatable bonds is 9. The predicted molar refractivity (Wildman–Crippen MR) is 95.6 cm³/mol. The number of benzene rings is 1. The second-order valence-corrected chi connectivity index (χ2v) is 6.40. The molecule has 2 atom stereocenters. The van der Waals surface area contributed by atoms with Gasteiger partial charge in [0.15, 0.2) is 0 Å². The molecule has 4 N–H and O–H groups in total. The Kier molecular flexibility index (Phi) is 6.80. The second-order valence-electron chi connectivity index (χ2n) is 6.40. The summed E-state index contributed by atoms with van der Waals surface area (Å²) in [4.78, 5) is 23.1. The van der Waals surface area contributed by atoms with Gasteiger partial charge in [-0.05, 0) is 37.5 Å². The van der Waals surface area contributed by atoms with Crippen LogP contribution in [0.4, 0.5) is 4.79 Å². The zero-order valence-corrected chi connectivity index (χ0v) is 14.6. The standard InChI is InChI=1S/C19H24N2O5/c1-19(25,16-8-5-11-26-16)13-20-18(24)21-15(9-10-17(22)23)12-14-6-3-2-4-7-14/h2-8,11,15,25H,9-10,12-13H2,1H3,(H,22,23)(H2,20,21,24). The van der Waals surface area contributed by atoms with Crippen LogP contribution in [0.3, 0.4) is 0 Å². The maximum atomic E-state index is 12.2. The van der Waals surface area contributed by atoms with Crippen molar-refractivity contribution in [1.29, 1.82) is 0 Å². The van der Waals surface area contributed by atoms with Gasteiger partial charge in [-0.3, -0.25) is 4.79 Å². The number of carbonyl (C=O) groups excluding carboxylic acids is 1. The van der Waals surface area contributed by atoms with E-state index in [-0.39, 0.29) is 19.0 Å². The molecule has 2 unspecified atom stereocenters. The summed E-state index contributed by atoms with van der Waals surface area (Å²) in [5, 5.41) is 24.7. The van der Waals surface area contributed by atoms with Crippen molar-refractivity contribution in [3.8, 4) is 0 Å². The molecule has 0 saturated heterocycles. The maximum absolute atomic E-state index is 12.2. The molecule has 26 heavy (non-hydrogen) atoms. The number of carbonyl (C=O) groups is 2. The Hall–Kier alpha value is -2.80. The summed E-state index contributed by atoms with van der Waals surface area (Å²) in [6.45, 7) is 1.50. The summed E-state index contributed by atoms with van der Waals surface area (Å²) in [6.07, 6.45) is 2.25. The number of carboxylic acid groups (broad SMARTS) is 1. The lowest BCUT2D eigenvalue weighted by Gasteiger charge is -2.23. The molecule has 0 aliphatic rings. The maximum Gasteiger partial charge on any atom is 0.315 e. The molecule has 1 aromatic heterocycles. The van der Waals surface area contributed by atoms with E-state index in [1.54, 1.807) is 12.1 Å². The molecule has 2 aromatic rings. The van der Waals surface area contributed by atoms with Gasteiger partial charge in [0.05, 0.1) is 12.8 Å². The number of hydrogen-bond acceptors (Lipinski definition) is 4.